The van der Waals surface area contributed by atoms with Gasteiger partial charge in [0.05, 0.1) is 5.52 Å². The van der Waals surface area contributed by atoms with E-state index in [0.29, 0.717) is 6.54 Å². The number of amides is 1. The summed E-state index contributed by atoms with van der Waals surface area (Å²) < 4.78 is 5.16. The van der Waals surface area contributed by atoms with E-state index in [-0.39, 0.29) is 0 Å². The van der Waals surface area contributed by atoms with Crippen molar-refractivity contribution in [2.75, 3.05) is 0 Å². The smallest absolute Gasteiger partial charge is 0.422 e. The van der Waals surface area contributed by atoms with E-state index in [9.17, 15) is 4.79 Å². The lowest BCUT2D eigenvalue weighted by atomic mass is 10.1. The van der Waals surface area contributed by atoms with Gasteiger partial charge in [0, 0.05) is 17.6 Å². The number of ether oxygens (including phenoxy) is 1. The lowest BCUT2D eigenvalue weighted by Gasteiger charge is -2.20. The molecule has 0 spiro atoms. The number of carbonyl (C=O) groups excluding carboxylic acids is 1. The Morgan fingerprint density at radius 2 is 2.00 bits per heavy atom. The van der Waals surface area contributed by atoms with E-state index in [1.807, 2.05) is 58.0 Å². The van der Waals surface area contributed by atoms with Gasteiger partial charge in [0.25, 0.3) is 0 Å². The summed E-state index contributed by atoms with van der Waals surface area (Å²) in [5.74, 6) is 0. The first kappa shape index (κ1) is 15.3. The van der Waals surface area contributed by atoms with Crippen LogP contribution in [0.3, 0.4) is 0 Å². The van der Waals surface area contributed by atoms with Crippen LogP contribution >= 0.6 is 0 Å². The molecule has 1 heterocycles. The Balaban J connectivity index is 2.02. The van der Waals surface area contributed by atoms with Crippen LogP contribution in [0.1, 0.15) is 32.0 Å². The summed E-state index contributed by atoms with van der Waals surface area (Å²) in [5.41, 5.74) is 7.90. The number of hydrogen-bond acceptors (Lipinski definition) is 4. The van der Waals surface area contributed by atoms with Gasteiger partial charge in [0.15, 0.2) is 0 Å². The van der Waals surface area contributed by atoms with Crippen LogP contribution in [0.25, 0.3) is 10.9 Å². The maximum Gasteiger partial charge on any atom is 0.422 e. The maximum absolute atomic E-state index is 11.6. The highest BCUT2D eigenvalue weighted by atomic mass is 16.6. The SMILES string of the molecule is Cc1cc(CNNC(=O)OC(C)(C)C)c2ccccc2n1. The van der Waals surface area contributed by atoms with E-state index < -0.39 is 11.7 Å². The normalized spacial score (nSPS) is 11.4. The molecule has 1 aromatic carbocycles. The van der Waals surface area contributed by atoms with Crippen LogP contribution in [-0.4, -0.2) is 16.7 Å². The second kappa shape index (κ2) is 6.10. The number of hydrazine groups is 1. The van der Waals surface area contributed by atoms with Crippen molar-refractivity contribution in [3.05, 3.63) is 41.6 Å². The zero-order chi connectivity index (χ0) is 15.5. The third-order valence-corrected chi connectivity index (χ3v) is 2.80. The highest BCUT2D eigenvalue weighted by molar-refractivity contribution is 5.82. The molecule has 0 radical (unpaired) electrons. The number of pyridine rings is 1. The van der Waals surface area contributed by atoms with Gasteiger partial charge >= 0.3 is 6.09 Å². The summed E-state index contributed by atoms with van der Waals surface area (Å²) >= 11 is 0. The van der Waals surface area contributed by atoms with E-state index in [1.54, 1.807) is 0 Å². The summed E-state index contributed by atoms with van der Waals surface area (Å²) in [5, 5.41) is 1.07. The summed E-state index contributed by atoms with van der Waals surface area (Å²) in [6.45, 7) is 7.94. The highest BCUT2D eigenvalue weighted by Crippen LogP contribution is 2.17. The first-order valence-corrected chi connectivity index (χ1v) is 6.92. The standard InChI is InChI=1S/C16H21N3O2/c1-11-9-12(13-7-5-6-8-14(13)18-11)10-17-19-15(20)21-16(2,3)4/h5-9,17H,10H2,1-4H3,(H,19,20). The molecule has 2 aromatic rings. The fourth-order valence-corrected chi connectivity index (χ4v) is 2.06. The molecule has 0 saturated carbocycles. The van der Waals surface area contributed by atoms with Crippen molar-refractivity contribution in [2.24, 2.45) is 0 Å². The Morgan fingerprint density at radius 1 is 1.29 bits per heavy atom. The molecule has 2 rings (SSSR count). The van der Waals surface area contributed by atoms with Crippen molar-refractivity contribution in [3.8, 4) is 0 Å². The molecular weight excluding hydrogens is 266 g/mol. The minimum atomic E-state index is -0.508. The lowest BCUT2D eigenvalue weighted by molar-refractivity contribution is 0.0497. The second-order valence-corrected chi connectivity index (χ2v) is 5.92. The van der Waals surface area contributed by atoms with Crippen molar-refractivity contribution < 1.29 is 9.53 Å². The Labute approximate surface area is 124 Å². The molecule has 0 atom stereocenters. The molecule has 21 heavy (non-hydrogen) atoms. The molecule has 0 aliphatic heterocycles. The number of nitrogens with one attached hydrogen (secondary N) is 2. The average Bonchev–Trinajstić information content (AvgIpc) is 2.36. The molecule has 0 fully saturated rings. The van der Waals surface area contributed by atoms with E-state index >= 15 is 0 Å². The monoisotopic (exact) mass is 287 g/mol. The molecule has 0 saturated heterocycles. The van der Waals surface area contributed by atoms with Gasteiger partial charge in [-0.1, -0.05) is 18.2 Å². The van der Waals surface area contributed by atoms with Crippen molar-refractivity contribution in [1.29, 1.82) is 0 Å². The number of hydrogen-bond donors (Lipinski definition) is 2. The Hall–Kier alpha value is -2.14. The molecule has 0 aliphatic carbocycles. The molecule has 1 amide bonds. The lowest BCUT2D eigenvalue weighted by Crippen LogP contribution is -2.40. The summed E-state index contributed by atoms with van der Waals surface area (Å²) in [7, 11) is 0. The van der Waals surface area contributed by atoms with Crippen molar-refractivity contribution in [3.63, 3.8) is 0 Å². The van der Waals surface area contributed by atoms with Gasteiger partial charge in [-0.3, -0.25) is 10.4 Å². The molecule has 5 heteroatoms. The number of aryl methyl sites for hydroxylation is 1. The number of para-hydroxylation sites is 1. The van der Waals surface area contributed by atoms with Gasteiger partial charge in [-0.2, -0.15) is 0 Å². The van der Waals surface area contributed by atoms with Crippen LogP contribution in [0.5, 0.6) is 0 Å². The third kappa shape index (κ3) is 4.43. The Bertz CT molecular complexity index is 648. The topological polar surface area (TPSA) is 63.2 Å². The van der Waals surface area contributed by atoms with E-state index in [4.69, 9.17) is 4.74 Å². The van der Waals surface area contributed by atoms with Gasteiger partial charge in [-0.15, -0.1) is 0 Å². The molecule has 2 N–H and O–H groups in total. The van der Waals surface area contributed by atoms with Gasteiger partial charge < -0.3 is 4.74 Å². The minimum Gasteiger partial charge on any atom is -0.443 e. The zero-order valence-corrected chi connectivity index (χ0v) is 12.9. The molecule has 0 aliphatic rings. The number of fused-ring (bicyclic) bond motifs is 1. The van der Waals surface area contributed by atoms with E-state index in [0.717, 1.165) is 22.2 Å². The summed E-state index contributed by atoms with van der Waals surface area (Å²) in [6, 6.07) is 9.95. The third-order valence-electron chi connectivity index (χ3n) is 2.80. The predicted molar refractivity (Wildman–Crippen MR) is 82.7 cm³/mol. The van der Waals surface area contributed by atoms with Crippen molar-refractivity contribution >= 4 is 17.0 Å². The maximum atomic E-state index is 11.6. The van der Waals surface area contributed by atoms with Crippen LogP contribution in [-0.2, 0) is 11.3 Å². The highest BCUT2D eigenvalue weighted by Gasteiger charge is 2.15. The van der Waals surface area contributed by atoms with Crippen LogP contribution in [0.2, 0.25) is 0 Å². The zero-order valence-electron chi connectivity index (χ0n) is 12.9. The van der Waals surface area contributed by atoms with Gasteiger partial charge in [0.2, 0.25) is 0 Å². The largest absolute Gasteiger partial charge is 0.443 e. The summed E-state index contributed by atoms with van der Waals surface area (Å²) in [6.07, 6.45) is -0.488. The second-order valence-electron chi connectivity index (χ2n) is 5.92. The Morgan fingerprint density at radius 3 is 2.71 bits per heavy atom. The van der Waals surface area contributed by atoms with Crippen LogP contribution in [0, 0.1) is 6.92 Å². The Kier molecular flexibility index (Phi) is 4.43. The first-order valence-electron chi connectivity index (χ1n) is 6.92. The van der Waals surface area contributed by atoms with Crippen LogP contribution in [0.15, 0.2) is 30.3 Å². The molecule has 5 nitrogen and oxygen atoms in total. The van der Waals surface area contributed by atoms with Crippen LogP contribution in [0.4, 0.5) is 4.79 Å². The van der Waals surface area contributed by atoms with E-state index in [1.165, 1.54) is 0 Å². The average molecular weight is 287 g/mol. The van der Waals surface area contributed by atoms with Crippen molar-refractivity contribution in [1.82, 2.24) is 15.8 Å². The van der Waals surface area contributed by atoms with Crippen LogP contribution < -0.4 is 10.9 Å². The fraction of sp³-hybridized carbons (Fsp3) is 0.375. The minimum absolute atomic E-state index is 0.488. The van der Waals surface area contributed by atoms with Crippen molar-refractivity contribution in [2.45, 2.75) is 39.8 Å². The fourth-order valence-electron chi connectivity index (χ4n) is 2.06. The number of nitrogens with zero attached hydrogens (tertiary/aromatic N) is 1. The number of benzene rings is 1. The summed E-state index contributed by atoms with van der Waals surface area (Å²) in [4.78, 5) is 16.1. The molecule has 112 valence electrons. The van der Waals surface area contributed by atoms with Gasteiger partial charge in [0.1, 0.15) is 5.60 Å². The number of carbonyl (C=O) groups is 1. The predicted octanol–water partition coefficient (Wildman–Crippen LogP) is 3.07. The van der Waals surface area contributed by atoms with Gasteiger partial charge in [-0.05, 0) is 45.4 Å². The molecule has 0 unspecified atom stereocenters. The quantitative estimate of drug-likeness (QED) is 0.852. The number of rotatable bonds is 3. The van der Waals surface area contributed by atoms with E-state index in [2.05, 4.69) is 15.8 Å². The molecular formula is C16H21N3O2. The molecule has 1 aromatic heterocycles. The first-order chi connectivity index (χ1) is 9.85. The number of aromatic nitrogens is 1. The molecule has 0 bridgehead atoms. The van der Waals surface area contributed by atoms with Gasteiger partial charge in [-0.25, -0.2) is 10.2 Å².